The number of likely N-dealkylation sites (tertiary alicyclic amines) is 1. The van der Waals surface area contributed by atoms with Gasteiger partial charge in [-0.1, -0.05) is 19.9 Å². The summed E-state index contributed by atoms with van der Waals surface area (Å²) in [7, 11) is 0. The van der Waals surface area contributed by atoms with Crippen molar-refractivity contribution in [2.75, 3.05) is 26.3 Å². The van der Waals surface area contributed by atoms with Crippen molar-refractivity contribution in [3.05, 3.63) is 29.3 Å². The molecule has 126 valence electrons. The van der Waals surface area contributed by atoms with E-state index in [2.05, 4.69) is 24.8 Å². The number of piperidine rings is 1. The molecule has 0 unspecified atom stereocenters. The number of benzene rings is 1. The molecular formula is C19H27NO3. The molecule has 1 N–H and O–H groups in total. The second kappa shape index (κ2) is 5.76. The third-order valence-electron chi connectivity index (χ3n) is 6.45. The van der Waals surface area contributed by atoms with E-state index in [-0.39, 0.29) is 11.7 Å². The van der Waals surface area contributed by atoms with Crippen LogP contribution < -0.4 is 0 Å². The Morgan fingerprint density at radius 3 is 2.87 bits per heavy atom. The van der Waals surface area contributed by atoms with Gasteiger partial charge in [-0.3, -0.25) is 4.90 Å². The van der Waals surface area contributed by atoms with Gasteiger partial charge in [-0.15, -0.1) is 0 Å². The molecule has 0 aromatic heterocycles. The number of phenolic OH excluding ortho intramolecular Hbond substituents is 1. The van der Waals surface area contributed by atoms with Crippen molar-refractivity contribution >= 4 is 0 Å². The van der Waals surface area contributed by atoms with Crippen molar-refractivity contribution < 1.29 is 14.6 Å². The normalized spacial score (nSPS) is 34.5. The van der Waals surface area contributed by atoms with Gasteiger partial charge in [-0.25, -0.2) is 0 Å². The SMILES string of the molecule is C[C@H]1[C@@H]2Cc3ccc(O)cc3[C@]1(C)CCN2CCC1OCCO1. The van der Waals surface area contributed by atoms with Crippen molar-refractivity contribution in [1.82, 2.24) is 4.90 Å². The van der Waals surface area contributed by atoms with Gasteiger partial charge in [0.25, 0.3) is 0 Å². The summed E-state index contributed by atoms with van der Waals surface area (Å²) in [6.07, 6.45) is 3.18. The molecule has 1 aliphatic carbocycles. The largest absolute Gasteiger partial charge is 0.508 e. The first-order valence-corrected chi connectivity index (χ1v) is 8.87. The zero-order valence-corrected chi connectivity index (χ0v) is 14.1. The van der Waals surface area contributed by atoms with Crippen LogP contribution in [0.1, 0.15) is 37.8 Å². The van der Waals surface area contributed by atoms with E-state index in [0.717, 1.165) is 45.6 Å². The highest BCUT2D eigenvalue weighted by molar-refractivity contribution is 5.44. The average Bonchev–Trinajstić information content (AvgIpc) is 3.04. The maximum atomic E-state index is 9.91. The quantitative estimate of drug-likeness (QED) is 0.931. The fraction of sp³-hybridized carbons (Fsp3) is 0.684. The molecule has 1 aromatic rings. The molecule has 0 saturated carbocycles. The van der Waals surface area contributed by atoms with Gasteiger partial charge in [0.15, 0.2) is 6.29 Å². The lowest BCUT2D eigenvalue weighted by Crippen LogP contribution is -2.58. The molecule has 0 radical (unpaired) electrons. The predicted octanol–water partition coefficient (Wildman–Crippen LogP) is 2.68. The van der Waals surface area contributed by atoms with E-state index in [4.69, 9.17) is 9.47 Å². The van der Waals surface area contributed by atoms with E-state index in [1.807, 2.05) is 12.1 Å². The van der Waals surface area contributed by atoms with Crippen LogP contribution in [0.4, 0.5) is 0 Å². The molecule has 2 saturated heterocycles. The molecule has 23 heavy (non-hydrogen) atoms. The maximum Gasteiger partial charge on any atom is 0.159 e. The van der Waals surface area contributed by atoms with Gasteiger partial charge in [0.1, 0.15) is 5.75 Å². The number of aromatic hydroxyl groups is 1. The Morgan fingerprint density at radius 1 is 1.30 bits per heavy atom. The van der Waals surface area contributed by atoms with Gasteiger partial charge in [-0.2, -0.15) is 0 Å². The van der Waals surface area contributed by atoms with E-state index in [1.54, 1.807) is 0 Å². The number of ether oxygens (including phenoxy) is 2. The number of nitrogens with zero attached hydrogens (tertiary/aromatic N) is 1. The summed E-state index contributed by atoms with van der Waals surface area (Å²) in [5, 5.41) is 9.91. The van der Waals surface area contributed by atoms with Crippen molar-refractivity contribution in [3.8, 4) is 5.75 Å². The molecule has 0 spiro atoms. The smallest absolute Gasteiger partial charge is 0.159 e. The standard InChI is InChI=1S/C19H27NO3/c1-13-17-11-14-3-4-15(21)12-16(14)19(13,2)6-8-20(17)7-5-18-22-9-10-23-18/h3-4,12-13,17-18,21H,5-11H2,1-2H3/t13-,17-,19+/m0/s1. The minimum absolute atomic E-state index is 0.00793. The highest BCUT2D eigenvalue weighted by atomic mass is 16.7. The Morgan fingerprint density at radius 2 is 2.09 bits per heavy atom. The number of fused-ring (bicyclic) bond motifs is 4. The van der Waals surface area contributed by atoms with Gasteiger partial charge in [0.2, 0.25) is 0 Å². The van der Waals surface area contributed by atoms with Crippen LogP contribution in [0.5, 0.6) is 5.75 Å². The molecule has 0 amide bonds. The fourth-order valence-electron chi connectivity index (χ4n) is 4.82. The molecule has 2 fully saturated rings. The van der Waals surface area contributed by atoms with Crippen molar-refractivity contribution in [2.24, 2.45) is 5.92 Å². The first kappa shape index (κ1) is 15.4. The minimum atomic E-state index is -0.00793. The van der Waals surface area contributed by atoms with Gasteiger partial charge in [-0.05, 0) is 54.0 Å². The molecule has 1 aromatic carbocycles. The third-order valence-corrected chi connectivity index (χ3v) is 6.45. The van der Waals surface area contributed by atoms with E-state index < -0.39 is 0 Å². The van der Waals surface area contributed by atoms with E-state index in [0.29, 0.717) is 17.7 Å². The van der Waals surface area contributed by atoms with E-state index in [1.165, 1.54) is 11.1 Å². The number of phenols is 1. The van der Waals surface area contributed by atoms with E-state index >= 15 is 0 Å². The molecular weight excluding hydrogens is 290 g/mol. The zero-order chi connectivity index (χ0) is 16.0. The summed E-state index contributed by atoms with van der Waals surface area (Å²) in [6.45, 7) is 8.39. The van der Waals surface area contributed by atoms with Crippen LogP contribution >= 0.6 is 0 Å². The monoisotopic (exact) mass is 317 g/mol. The third kappa shape index (κ3) is 2.57. The molecule has 2 bridgehead atoms. The van der Waals surface area contributed by atoms with Crippen LogP contribution in [0.3, 0.4) is 0 Å². The highest BCUT2D eigenvalue weighted by Gasteiger charge is 2.48. The second-order valence-electron chi connectivity index (χ2n) is 7.56. The van der Waals surface area contributed by atoms with E-state index in [9.17, 15) is 5.11 Å². The summed E-state index contributed by atoms with van der Waals surface area (Å²) in [6, 6.07) is 6.53. The van der Waals surface area contributed by atoms with Gasteiger partial charge >= 0.3 is 0 Å². The van der Waals surface area contributed by atoms with Crippen LogP contribution in [0.15, 0.2) is 18.2 Å². The second-order valence-corrected chi connectivity index (χ2v) is 7.56. The van der Waals surface area contributed by atoms with Crippen molar-refractivity contribution in [1.29, 1.82) is 0 Å². The van der Waals surface area contributed by atoms with Crippen LogP contribution in [-0.4, -0.2) is 48.6 Å². The number of rotatable bonds is 3. The molecule has 3 atom stereocenters. The summed E-state index contributed by atoms with van der Waals surface area (Å²) < 4.78 is 11.2. The average molecular weight is 317 g/mol. The van der Waals surface area contributed by atoms with Crippen LogP contribution in [0.25, 0.3) is 0 Å². The topological polar surface area (TPSA) is 41.9 Å². The van der Waals surface area contributed by atoms with Crippen LogP contribution in [-0.2, 0) is 21.3 Å². The first-order valence-electron chi connectivity index (χ1n) is 8.87. The minimum Gasteiger partial charge on any atom is -0.508 e. The van der Waals surface area contributed by atoms with Crippen LogP contribution in [0, 0.1) is 5.92 Å². The summed E-state index contributed by atoms with van der Waals surface area (Å²) in [5.41, 5.74) is 2.95. The fourth-order valence-corrected chi connectivity index (χ4v) is 4.82. The summed E-state index contributed by atoms with van der Waals surface area (Å²) in [5.74, 6) is 0.990. The van der Waals surface area contributed by atoms with Gasteiger partial charge in [0, 0.05) is 19.0 Å². The molecule has 3 aliphatic rings. The summed E-state index contributed by atoms with van der Waals surface area (Å²) in [4.78, 5) is 2.63. The Hall–Kier alpha value is -1.10. The van der Waals surface area contributed by atoms with Crippen LogP contribution in [0.2, 0.25) is 0 Å². The number of hydrogen-bond acceptors (Lipinski definition) is 4. The molecule has 4 heteroatoms. The van der Waals surface area contributed by atoms with Crippen molar-refractivity contribution in [2.45, 2.75) is 50.9 Å². The highest BCUT2D eigenvalue weighted by Crippen LogP contribution is 2.49. The first-order chi connectivity index (χ1) is 11.1. The molecule has 2 heterocycles. The Kier molecular flexibility index (Phi) is 3.87. The summed E-state index contributed by atoms with van der Waals surface area (Å²) >= 11 is 0. The van der Waals surface area contributed by atoms with Gasteiger partial charge < -0.3 is 14.6 Å². The maximum absolute atomic E-state index is 9.91. The lowest BCUT2D eigenvalue weighted by atomic mass is 9.59. The lowest BCUT2D eigenvalue weighted by molar-refractivity contribution is -0.0608. The Bertz CT molecular complexity index is 584. The lowest BCUT2D eigenvalue weighted by Gasteiger charge is -2.54. The number of hydrogen-bond donors (Lipinski definition) is 1. The Labute approximate surface area is 138 Å². The molecule has 2 aliphatic heterocycles. The molecule has 4 nitrogen and oxygen atoms in total. The molecule has 4 rings (SSSR count). The van der Waals surface area contributed by atoms with Crippen molar-refractivity contribution in [3.63, 3.8) is 0 Å². The van der Waals surface area contributed by atoms with Gasteiger partial charge in [0.05, 0.1) is 13.2 Å². The predicted molar refractivity (Wildman–Crippen MR) is 88.6 cm³/mol. The Balaban J connectivity index is 1.54. The zero-order valence-electron chi connectivity index (χ0n) is 14.1.